The molecule has 0 unspecified atom stereocenters. The largest absolute Gasteiger partial charge is 0.388 e. The molecule has 0 atom stereocenters. The van der Waals surface area contributed by atoms with Gasteiger partial charge in [0.15, 0.2) is 5.82 Å². The average molecular weight is 319 g/mol. The molecule has 2 N–H and O–H groups in total. The predicted molar refractivity (Wildman–Crippen MR) is 87.9 cm³/mol. The minimum Gasteiger partial charge on any atom is -0.388 e. The second kappa shape index (κ2) is 6.58. The lowest BCUT2D eigenvalue weighted by atomic mass is 9.97. The first-order valence-corrected chi connectivity index (χ1v) is 7.94. The summed E-state index contributed by atoms with van der Waals surface area (Å²) in [5.74, 6) is 1.19. The second-order valence-corrected chi connectivity index (χ2v) is 6.03. The smallest absolute Gasteiger partial charge is 0.253 e. The van der Waals surface area contributed by atoms with E-state index in [-0.39, 0.29) is 12.5 Å². The number of nitrogens with one attached hydrogen (secondary N) is 1. The number of hydrogen-bond acceptors (Lipinski definition) is 4. The fourth-order valence-corrected chi connectivity index (χ4v) is 2.64. The lowest BCUT2D eigenvalue weighted by Crippen LogP contribution is -2.42. The van der Waals surface area contributed by atoms with Gasteiger partial charge >= 0.3 is 0 Å². The first-order chi connectivity index (χ1) is 10.8. The van der Waals surface area contributed by atoms with Crippen molar-refractivity contribution in [1.82, 2.24) is 15.0 Å². The van der Waals surface area contributed by atoms with Gasteiger partial charge in [0.1, 0.15) is 5.76 Å². The number of rotatable bonds is 6. The molecule has 2 rings (SSSR count). The van der Waals surface area contributed by atoms with E-state index in [1.807, 2.05) is 51.3 Å². The van der Waals surface area contributed by atoms with Crippen LogP contribution in [0.4, 0.5) is 0 Å². The summed E-state index contributed by atoms with van der Waals surface area (Å²) in [6.07, 6.45) is 1.20. The number of nitrogens with zero attached hydrogens (tertiary/aromatic N) is 2. The van der Waals surface area contributed by atoms with Crippen LogP contribution < -0.4 is 5.32 Å². The van der Waals surface area contributed by atoms with Gasteiger partial charge in [-0.25, -0.2) is 0 Å². The van der Waals surface area contributed by atoms with E-state index in [0.717, 1.165) is 17.1 Å². The summed E-state index contributed by atoms with van der Waals surface area (Å²) < 4.78 is 7.00. The maximum absolute atomic E-state index is 12.5. The molecule has 126 valence electrons. The fraction of sp³-hybridized carbons (Fsp3) is 0.529. The summed E-state index contributed by atoms with van der Waals surface area (Å²) >= 11 is 0. The van der Waals surface area contributed by atoms with Gasteiger partial charge in [-0.1, -0.05) is 19.0 Å². The Kier molecular flexibility index (Phi) is 4.94. The van der Waals surface area contributed by atoms with Crippen molar-refractivity contribution < 1.29 is 14.4 Å². The van der Waals surface area contributed by atoms with Gasteiger partial charge in [0, 0.05) is 24.0 Å². The van der Waals surface area contributed by atoms with Gasteiger partial charge in [0.05, 0.1) is 11.2 Å². The Hall–Kier alpha value is -2.08. The molecule has 0 saturated carbocycles. The molecule has 0 aliphatic heterocycles. The molecule has 2 heterocycles. The molecule has 2 aromatic rings. The van der Waals surface area contributed by atoms with Crippen LogP contribution in [0.15, 0.2) is 16.7 Å². The Morgan fingerprint density at radius 1 is 1.30 bits per heavy atom. The third kappa shape index (κ3) is 3.47. The highest BCUT2D eigenvalue weighted by Crippen LogP contribution is 2.21. The number of carbonyl (C=O) groups excluding carboxylic acids is 1. The Morgan fingerprint density at radius 3 is 2.48 bits per heavy atom. The minimum atomic E-state index is -0.857. The topological polar surface area (TPSA) is 80.3 Å². The Labute approximate surface area is 136 Å². The lowest BCUT2D eigenvalue weighted by Gasteiger charge is -2.25. The predicted octanol–water partition coefficient (Wildman–Crippen LogP) is 2.67. The fourth-order valence-electron chi connectivity index (χ4n) is 2.64. The molecule has 0 radical (unpaired) electrons. The summed E-state index contributed by atoms with van der Waals surface area (Å²) in [5, 5.41) is 17.1. The normalized spacial score (nSPS) is 11.7. The van der Waals surface area contributed by atoms with Crippen molar-refractivity contribution in [2.45, 2.75) is 53.1 Å². The maximum atomic E-state index is 12.5. The van der Waals surface area contributed by atoms with E-state index < -0.39 is 5.60 Å². The van der Waals surface area contributed by atoms with Crippen LogP contribution in [-0.2, 0) is 0 Å². The molecule has 0 aliphatic carbocycles. The summed E-state index contributed by atoms with van der Waals surface area (Å²) in [6, 6.07) is 3.65. The summed E-state index contributed by atoms with van der Waals surface area (Å²) in [7, 11) is 0. The zero-order valence-corrected chi connectivity index (χ0v) is 14.4. The van der Waals surface area contributed by atoms with Crippen LogP contribution in [-0.4, -0.2) is 32.9 Å². The van der Waals surface area contributed by atoms with Crippen molar-refractivity contribution in [2.75, 3.05) is 6.54 Å². The van der Waals surface area contributed by atoms with Gasteiger partial charge in [-0.05, 0) is 39.7 Å². The van der Waals surface area contributed by atoms with Crippen molar-refractivity contribution in [1.29, 1.82) is 0 Å². The Balaban J connectivity index is 2.23. The van der Waals surface area contributed by atoms with Gasteiger partial charge in [0.25, 0.3) is 5.91 Å². The minimum absolute atomic E-state index is 0.190. The Morgan fingerprint density at radius 2 is 1.96 bits per heavy atom. The molecule has 1 amide bonds. The molecular weight excluding hydrogens is 294 g/mol. The molecule has 0 fully saturated rings. The zero-order valence-electron chi connectivity index (χ0n) is 14.4. The van der Waals surface area contributed by atoms with Crippen LogP contribution >= 0.6 is 0 Å². The number of aryl methyl sites for hydroxylation is 2. The third-order valence-electron chi connectivity index (χ3n) is 4.41. The summed E-state index contributed by atoms with van der Waals surface area (Å²) in [5.41, 5.74) is 1.43. The van der Waals surface area contributed by atoms with Crippen LogP contribution in [0.2, 0.25) is 0 Å². The van der Waals surface area contributed by atoms with E-state index in [1.54, 1.807) is 0 Å². The lowest BCUT2D eigenvalue weighted by molar-refractivity contribution is 0.0314. The number of amides is 1. The molecule has 2 aromatic heterocycles. The SMILES string of the molecule is CCC(O)(CC)CNC(=O)c1cc(C)n(-c2cc(C)on2)c1C. The number of aliphatic hydroxyl groups is 1. The number of carbonyl (C=O) groups is 1. The highest BCUT2D eigenvalue weighted by atomic mass is 16.5. The van der Waals surface area contributed by atoms with Crippen molar-refractivity contribution in [3.63, 3.8) is 0 Å². The van der Waals surface area contributed by atoms with Crippen LogP contribution in [0.3, 0.4) is 0 Å². The van der Waals surface area contributed by atoms with Crippen LogP contribution in [0.1, 0.15) is 54.2 Å². The first kappa shape index (κ1) is 17.3. The third-order valence-corrected chi connectivity index (χ3v) is 4.41. The van der Waals surface area contributed by atoms with E-state index in [1.165, 1.54) is 0 Å². The standard InChI is InChI=1S/C17H25N3O3/c1-6-17(22,7-2)10-18-16(21)14-8-11(3)20(13(14)5)15-9-12(4)23-19-15/h8-9,22H,6-7,10H2,1-5H3,(H,18,21). The van der Waals surface area contributed by atoms with E-state index >= 15 is 0 Å². The zero-order chi connectivity index (χ0) is 17.2. The van der Waals surface area contributed by atoms with Crippen molar-refractivity contribution in [3.8, 4) is 5.82 Å². The first-order valence-electron chi connectivity index (χ1n) is 7.94. The number of aromatic nitrogens is 2. The van der Waals surface area contributed by atoms with Gasteiger partial charge < -0.3 is 14.9 Å². The molecule has 0 aliphatic rings. The van der Waals surface area contributed by atoms with E-state index in [0.29, 0.717) is 24.2 Å². The monoisotopic (exact) mass is 319 g/mol. The molecular formula is C17H25N3O3. The average Bonchev–Trinajstić information content (AvgIpc) is 3.07. The summed E-state index contributed by atoms with van der Waals surface area (Å²) in [6.45, 7) is 9.68. The molecule has 0 bridgehead atoms. The van der Waals surface area contributed by atoms with Crippen LogP contribution in [0, 0.1) is 20.8 Å². The molecule has 0 saturated heterocycles. The van der Waals surface area contributed by atoms with Crippen molar-refractivity contribution in [2.24, 2.45) is 0 Å². The van der Waals surface area contributed by atoms with Crippen LogP contribution in [0.5, 0.6) is 0 Å². The van der Waals surface area contributed by atoms with E-state index in [9.17, 15) is 9.90 Å². The number of hydrogen-bond donors (Lipinski definition) is 2. The van der Waals surface area contributed by atoms with Gasteiger partial charge in [-0.2, -0.15) is 0 Å². The van der Waals surface area contributed by atoms with Crippen molar-refractivity contribution >= 4 is 5.91 Å². The van der Waals surface area contributed by atoms with Gasteiger partial charge in [-0.15, -0.1) is 0 Å². The van der Waals surface area contributed by atoms with Gasteiger partial charge in [-0.3, -0.25) is 9.36 Å². The highest BCUT2D eigenvalue weighted by molar-refractivity contribution is 5.95. The van der Waals surface area contributed by atoms with E-state index in [4.69, 9.17) is 4.52 Å². The summed E-state index contributed by atoms with van der Waals surface area (Å²) in [4.78, 5) is 12.5. The van der Waals surface area contributed by atoms with Crippen LogP contribution in [0.25, 0.3) is 5.82 Å². The molecule has 0 spiro atoms. The highest BCUT2D eigenvalue weighted by Gasteiger charge is 2.24. The Bertz CT molecular complexity index is 696. The quantitative estimate of drug-likeness (QED) is 0.858. The van der Waals surface area contributed by atoms with E-state index in [2.05, 4.69) is 10.5 Å². The van der Waals surface area contributed by atoms with Crippen molar-refractivity contribution in [3.05, 3.63) is 34.8 Å². The molecule has 6 nitrogen and oxygen atoms in total. The molecule has 6 heteroatoms. The second-order valence-electron chi connectivity index (χ2n) is 6.03. The maximum Gasteiger partial charge on any atom is 0.253 e. The molecule has 23 heavy (non-hydrogen) atoms. The van der Waals surface area contributed by atoms with Gasteiger partial charge in [0.2, 0.25) is 0 Å². The molecule has 0 aromatic carbocycles.